The SMILES string of the molecule is CC(C)(C)[Si](C)(C)Oc1cccc(ON2C(=O)c3ccccc3C2=O)c1. The number of rotatable bonds is 4. The van der Waals surface area contributed by atoms with Crippen LogP contribution in [-0.4, -0.2) is 25.2 Å². The lowest BCUT2D eigenvalue weighted by Crippen LogP contribution is -2.43. The molecule has 136 valence electrons. The molecule has 0 radical (unpaired) electrons. The van der Waals surface area contributed by atoms with E-state index in [1.165, 1.54) is 0 Å². The van der Waals surface area contributed by atoms with Gasteiger partial charge in [0.15, 0.2) is 5.75 Å². The van der Waals surface area contributed by atoms with E-state index in [2.05, 4.69) is 33.9 Å². The van der Waals surface area contributed by atoms with Crippen LogP contribution in [0.25, 0.3) is 0 Å². The minimum atomic E-state index is -1.99. The molecular formula is C20H23NO4Si. The van der Waals surface area contributed by atoms with E-state index in [9.17, 15) is 9.59 Å². The Kier molecular flexibility index (Phi) is 4.40. The Labute approximate surface area is 154 Å². The fourth-order valence-corrected chi connectivity index (χ4v) is 3.42. The van der Waals surface area contributed by atoms with Crippen LogP contribution in [0.15, 0.2) is 48.5 Å². The molecule has 0 aromatic heterocycles. The summed E-state index contributed by atoms with van der Waals surface area (Å²) in [7, 11) is -1.99. The van der Waals surface area contributed by atoms with Gasteiger partial charge in [-0.15, -0.1) is 0 Å². The van der Waals surface area contributed by atoms with E-state index in [1.807, 2.05) is 6.07 Å². The maximum absolute atomic E-state index is 12.4. The topological polar surface area (TPSA) is 55.8 Å². The van der Waals surface area contributed by atoms with E-state index in [0.717, 1.165) is 5.06 Å². The van der Waals surface area contributed by atoms with Crippen molar-refractivity contribution in [3.63, 3.8) is 0 Å². The second kappa shape index (κ2) is 6.28. The highest BCUT2D eigenvalue weighted by atomic mass is 28.4. The number of amides is 2. The molecule has 0 atom stereocenters. The summed E-state index contributed by atoms with van der Waals surface area (Å²) < 4.78 is 6.26. The van der Waals surface area contributed by atoms with Gasteiger partial charge in [0.1, 0.15) is 5.75 Å². The zero-order chi connectivity index (χ0) is 19.1. The quantitative estimate of drug-likeness (QED) is 0.581. The smallest absolute Gasteiger partial charge is 0.295 e. The van der Waals surface area contributed by atoms with Crippen LogP contribution in [-0.2, 0) is 0 Å². The van der Waals surface area contributed by atoms with Crippen LogP contribution in [0.4, 0.5) is 0 Å². The van der Waals surface area contributed by atoms with E-state index in [-0.39, 0.29) is 5.04 Å². The van der Waals surface area contributed by atoms with Gasteiger partial charge in [0.25, 0.3) is 11.8 Å². The molecule has 0 N–H and O–H groups in total. The maximum atomic E-state index is 12.4. The molecule has 6 heteroatoms. The van der Waals surface area contributed by atoms with Crippen molar-refractivity contribution < 1.29 is 18.9 Å². The third-order valence-electron chi connectivity index (χ3n) is 4.94. The van der Waals surface area contributed by atoms with Gasteiger partial charge in [-0.2, -0.15) is 0 Å². The highest BCUT2D eigenvalue weighted by Gasteiger charge is 2.39. The van der Waals surface area contributed by atoms with Crippen molar-refractivity contribution in [1.29, 1.82) is 0 Å². The van der Waals surface area contributed by atoms with Crippen molar-refractivity contribution in [3.05, 3.63) is 59.7 Å². The van der Waals surface area contributed by atoms with Crippen molar-refractivity contribution in [3.8, 4) is 11.5 Å². The molecule has 0 bridgehead atoms. The Morgan fingerprint density at radius 2 is 1.38 bits per heavy atom. The van der Waals surface area contributed by atoms with Crippen LogP contribution in [0.1, 0.15) is 41.5 Å². The molecule has 2 aromatic rings. The number of hydrogen-bond acceptors (Lipinski definition) is 4. The van der Waals surface area contributed by atoms with Crippen LogP contribution < -0.4 is 9.26 Å². The Morgan fingerprint density at radius 1 is 0.846 bits per heavy atom. The molecule has 2 aromatic carbocycles. The molecule has 3 rings (SSSR count). The van der Waals surface area contributed by atoms with Gasteiger partial charge in [-0.3, -0.25) is 9.59 Å². The molecule has 0 saturated heterocycles. The molecule has 0 spiro atoms. The van der Waals surface area contributed by atoms with Crippen LogP contribution >= 0.6 is 0 Å². The lowest BCUT2D eigenvalue weighted by molar-refractivity contribution is -0.0141. The number of fused-ring (bicyclic) bond motifs is 1. The molecule has 0 saturated carbocycles. The summed E-state index contributed by atoms with van der Waals surface area (Å²) >= 11 is 0. The average molecular weight is 369 g/mol. The Balaban J connectivity index is 1.80. The number of carbonyl (C=O) groups excluding carboxylic acids is 2. The zero-order valence-electron chi connectivity index (χ0n) is 15.7. The third kappa shape index (κ3) is 3.24. The molecular weight excluding hydrogens is 346 g/mol. The first kappa shape index (κ1) is 18.2. The van der Waals surface area contributed by atoms with Gasteiger partial charge >= 0.3 is 0 Å². The fourth-order valence-electron chi connectivity index (χ4n) is 2.40. The predicted octanol–water partition coefficient (Wildman–Crippen LogP) is 4.66. The first-order valence-electron chi connectivity index (χ1n) is 8.55. The number of hydroxylamine groups is 2. The average Bonchev–Trinajstić information content (AvgIpc) is 2.79. The number of hydrogen-bond donors (Lipinski definition) is 0. The zero-order valence-corrected chi connectivity index (χ0v) is 16.7. The normalized spacial score (nSPS) is 14.4. The summed E-state index contributed by atoms with van der Waals surface area (Å²) in [5.74, 6) is 0.143. The van der Waals surface area contributed by atoms with E-state index in [4.69, 9.17) is 9.26 Å². The molecule has 26 heavy (non-hydrogen) atoms. The second-order valence-electron chi connectivity index (χ2n) is 7.88. The van der Waals surface area contributed by atoms with E-state index < -0.39 is 20.1 Å². The first-order valence-corrected chi connectivity index (χ1v) is 11.5. The highest BCUT2D eigenvalue weighted by Crippen LogP contribution is 2.38. The van der Waals surface area contributed by atoms with Crippen molar-refractivity contribution in [2.75, 3.05) is 0 Å². The molecule has 2 amide bonds. The minimum Gasteiger partial charge on any atom is -0.543 e. The number of carbonyl (C=O) groups is 2. The van der Waals surface area contributed by atoms with Gasteiger partial charge in [-0.1, -0.05) is 44.0 Å². The maximum Gasteiger partial charge on any atom is 0.295 e. The van der Waals surface area contributed by atoms with Gasteiger partial charge in [0, 0.05) is 6.07 Å². The molecule has 1 heterocycles. The number of nitrogens with zero attached hydrogens (tertiary/aromatic N) is 1. The summed E-state index contributed by atoms with van der Waals surface area (Å²) in [5, 5.41) is 0.864. The van der Waals surface area contributed by atoms with E-state index in [1.54, 1.807) is 42.5 Å². The largest absolute Gasteiger partial charge is 0.543 e. The van der Waals surface area contributed by atoms with Gasteiger partial charge in [0.2, 0.25) is 8.32 Å². The van der Waals surface area contributed by atoms with Crippen LogP contribution in [0.3, 0.4) is 0 Å². The Hall–Kier alpha value is -2.60. The standard InChI is InChI=1S/C20H23NO4Si/c1-20(2,3)26(4,5)25-15-10-8-9-14(13-15)24-21-18(22)16-11-6-7-12-17(16)19(21)23/h6-13H,1-5H3. The fraction of sp³-hybridized carbons (Fsp3) is 0.300. The summed E-state index contributed by atoms with van der Waals surface area (Å²) in [6, 6.07) is 13.7. The summed E-state index contributed by atoms with van der Waals surface area (Å²) in [4.78, 5) is 30.4. The van der Waals surface area contributed by atoms with Crippen LogP contribution in [0.2, 0.25) is 18.1 Å². The number of imide groups is 1. The van der Waals surface area contributed by atoms with Crippen molar-refractivity contribution in [2.24, 2.45) is 0 Å². The Bertz CT molecular complexity index is 835. The van der Waals surface area contributed by atoms with Crippen LogP contribution in [0, 0.1) is 0 Å². The lowest BCUT2D eigenvalue weighted by atomic mass is 10.1. The van der Waals surface area contributed by atoms with Gasteiger partial charge in [0.05, 0.1) is 11.1 Å². The molecule has 0 unspecified atom stereocenters. The van der Waals surface area contributed by atoms with E-state index >= 15 is 0 Å². The van der Waals surface area contributed by atoms with Gasteiger partial charge in [-0.25, -0.2) is 0 Å². The monoisotopic (exact) mass is 369 g/mol. The molecule has 5 nitrogen and oxygen atoms in total. The first-order chi connectivity index (χ1) is 12.1. The molecule has 1 aliphatic rings. The lowest BCUT2D eigenvalue weighted by Gasteiger charge is -2.36. The van der Waals surface area contributed by atoms with Crippen molar-refractivity contribution in [2.45, 2.75) is 38.9 Å². The Morgan fingerprint density at radius 3 is 1.92 bits per heavy atom. The van der Waals surface area contributed by atoms with Gasteiger partial charge < -0.3 is 9.26 Å². The van der Waals surface area contributed by atoms with Crippen LogP contribution in [0.5, 0.6) is 11.5 Å². The molecule has 0 aliphatic carbocycles. The second-order valence-corrected chi connectivity index (χ2v) is 12.6. The predicted molar refractivity (Wildman–Crippen MR) is 102 cm³/mol. The highest BCUT2D eigenvalue weighted by molar-refractivity contribution is 6.74. The molecule has 1 aliphatic heterocycles. The third-order valence-corrected chi connectivity index (χ3v) is 9.30. The van der Waals surface area contributed by atoms with Crippen molar-refractivity contribution in [1.82, 2.24) is 5.06 Å². The summed E-state index contributed by atoms with van der Waals surface area (Å²) in [5.41, 5.74) is 0.706. The summed E-state index contributed by atoms with van der Waals surface area (Å²) in [6.07, 6.45) is 0. The van der Waals surface area contributed by atoms with Crippen molar-refractivity contribution >= 4 is 20.1 Å². The van der Waals surface area contributed by atoms with Gasteiger partial charge in [-0.05, 0) is 42.4 Å². The van der Waals surface area contributed by atoms with E-state index in [0.29, 0.717) is 22.6 Å². The minimum absolute atomic E-state index is 0.0619. The summed E-state index contributed by atoms with van der Waals surface area (Å²) in [6.45, 7) is 10.8. The number of benzene rings is 2. The molecule has 0 fully saturated rings.